The molecule has 20 heavy (non-hydrogen) atoms. The molecular formula is C16H24N2O2. The maximum Gasteiger partial charge on any atom is 0.303 e. The molecule has 4 heteroatoms. The van der Waals surface area contributed by atoms with Gasteiger partial charge >= 0.3 is 5.97 Å². The average molecular weight is 276 g/mol. The standard InChI is InChI=1S/C16H24N2O2/c1-17(2)15-7-5-13(6-8-15)11-18-9-3-4-14(12-18)10-16(19)20/h5-8,14H,3-4,9-12H2,1-2H3,(H,19,20). The summed E-state index contributed by atoms with van der Waals surface area (Å²) in [5, 5.41) is 8.90. The number of hydrogen-bond donors (Lipinski definition) is 1. The molecule has 1 aliphatic heterocycles. The van der Waals surface area contributed by atoms with Crippen LogP contribution >= 0.6 is 0 Å². The number of aliphatic carboxylic acids is 1. The minimum atomic E-state index is -0.674. The quantitative estimate of drug-likeness (QED) is 0.897. The molecule has 1 unspecified atom stereocenters. The zero-order valence-corrected chi connectivity index (χ0v) is 12.4. The van der Waals surface area contributed by atoms with Gasteiger partial charge in [0.25, 0.3) is 0 Å². The lowest BCUT2D eigenvalue weighted by molar-refractivity contribution is -0.138. The van der Waals surface area contributed by atoms with Crippen LogP contribution in [-0.4, -0.2) is 43.2 Å². The van der Waals surface area contributed by atoms with Gasteiger partial charge < -0.3 is 10.0 Å². The summed E-state index contributed by atoms with van der Waals surface area (Å²) in [6.45, 7) is 2.90. The second-order valence-corrected chi connectivity index (χ2v) is 5.90. The van der Waals surface area contributed by atoms with Crippen molar-refractivity contribution in [3.8, 4) is 0 Å². The largest absolute Gasteiger partial charge is 0.481 e. The van der Waals surface area contributed by atoms with Crippen molar-refractivity contribution in [3.05, 3.63) is 29.8 Å². The maximum atomic E-state index is 10.8. The highest BCUT2D eigenvalue weighted by atomic mass is 16.4. The number of piperidine rings is 1. The first kappa shape index (κ1) is 14.9. The summed E-state index contributed by atoms with van der Waals surface area (Å²) >= 11 is 0. The van der Waals surface area contributed by atoms with Crippen LogP contribution in [0.25, 0.3) is 0 Å². The van der Waals surface area contributed by atoms with Gasteiger partial charge in [-0.1, -0.05) is 12.1 Å². The predicted octanol–water partition coefficient (Wildman–Crippen LogP) is 2.44. The van der Waals surface area contributed by atoms with Crippen molar-refractivity contribution < 1.29 is 9.90 Å². The third kappa shape index (κ3) is 4.23. The Bertz CT molecular complexity index is 442. The van der Waals surface area contributed by atoms with Gasteiger partial charge in [0.2, 0.25) is 0 Å². The Labute approximate surface area is 121 Å². The number of hydrogen-bond acceptors (Lipinski definition) is 3. The minimum absolute atomic E-state index is 0.302. The lowest BCUT2D eigenvalue weighted by Crippen LogP contribution is -2.35. The molecule has 110 valence electrons. The average Bonchev–Trinajstić information content (AvgIpc) is 2.39. The van der Waals surface area contributed by atoms with Gasteiger partial charge in [-0.3, -0.25) is 9.69 Å². The fourth-order valence-electron chi connectivity index (χ4n) is 2.87. The van der Waals surface area contributed by atoms with Crippen LogP contribution in [0.15, 0.2) is 24.3 Å². The zero-order chi connectivity index (χ0) is 14.5. The topological polar surface area (TPSA) is 43.8 Å². The molecule has 0 radical (unpaired) electrons. The fourth-order valence-corrected chi connectivity index (χ4v) is 2.87. The number of carboxylic acid groups (broad SMARTS) is 1. The molecule has 1 fully saturated rings. The third-order valence-corrected chi connectivity index (χ3v) is 3.93. The first-order valence-electron chi connectivity index (χ1n) is 7.25. The molecule has 1 aromatic rings. The summed E-state index contributed by atoms with van der Waals surface area (Å²) in [7, 11) is 4.08. The van der Waals surface area contributed by atoms with Crippen LogP contribution in [0.4, 0.5) is 5.69 Å². The molecule has 1 heterocycles. The SMILES string of the molecule is CN(C)c1ccc(CN2CCCC(CC(=O)O)C2)cc1. The van der Waals surface area contributed by atoms with E-state index in [0.717, 1.165) is 32.5 Å². The Morgan fingerprint density at radius 1 is 1.35 bits per heavy atom. The van der Waals surface area contributed by atoms with E-state index >= 15 is 0 Å². The van der Waals surface area contributed by atoms with E-state index in [1.165, 1.54) is 11.3 Å². The first-order valence-corrected chi connectivity index (χ1v) is 7.25. The van der Waals surface area contributed by atoms with E-state index in [4.69, 9.17) is 5.11 Å². The van der Waals surface area contributed by atoms with E-state index in [1.54, 1.807) is 0 Å². The highest BCUT2D eigenvalue weighted by Gasteiger charge is 2.21. The Morgan fingerprint density at radius 2 is 2.05 bits per heavy atom. The van der Waals surface area contributed by atoms with Crippen LogP contribution < -0.4 is 4.90 Å². The monoisotopic (exact) mass is 276 g/mol. The van der Waals surface area contributed by atoms with Gasteiger partial charge in [0.1, 0.15) is 0 Å². The van der Waals surface area contributed by atoms with Gasteiger partial charge in [0, 0.05) is 39.3 Å². The molecule has 0 saturated carbocycles. The van der Waals surface area contributed by atoms with Crippen molar-refractivity contribution in [1.82, 2.24) is 4.90 Å². The Morgan fingerprint density at radius 3 is 2.65 bits per heavy atom. The second kappa shape index (κ2) is 6.75. The normalized spacial score (nSPS) is 19.8. The van der Waals surface area contributed by atoms with Crippen molar-refractivity contribution in [3.63, 3.8) is 0 Å². The van der Waals surface area contributed by atoms with Crippen LogP contribution in [-0.2, 0) is 11.3 Å². The first-order chi connectivity index (χ1) is 9.54. The Balaban J connectivity index is 1.90. The molecule has 0 spiro atoms. The smallest absolute Gasteiger partial charge is 0.303 e. The second-order valence-electron chi connectivity index (χ2n) is 5.90. The molecule has 1 aromatic carbocycles. The number of nitrogens with zero attached hydrogens (tertiary/aromatic N) is 2. The van der Waals surface area contributed by atoms with E-state index in [-0.39, 0.29) is 0 Å². The summed E-state index contributed by atoms with van der Waals surface area (Å²) in [6.07, 6.45) is 2.45. The van der Waals surface area contributed by atoms with Gasteiger partial charge in [-0.15, -0.1) is 0 Å². The number of likely N-dealkylation sites (tertiary alicyclic amines) is 1. The Hall–Kier alpha value is -1.55. The summed E-state index contributed by atoms with van der Waals surface area (Å²) in [5.74, 6) is -0.366. The predicted molar refractivity (Wildman–Crippen MR) is 81.0 cm³/mol. The molecule has 0 bridgehead atoms. The van der Waals surface area contributed by atoms with Gasteiger partial charge in [-0.2, -0.15) is 0 Å². The van der Waals surface area contributed by atoms with Crippen LogP contribution in [0.2, 0.25) is 0 Å². The van der Waals surface area contributed by atoms with Crippen molar-refractivity contribution >= 4 is 11.7 Å². The number of anilines is 1. The molecule has 4 nitrogen and oxygen atoms in total. The molecule has 2 rings (SSSR count). The van der Waals surface area contributed by atoms with Crippen LogP contribution in [0.1, 0.15) is 24.8 Å². The molecule has 1 aliphatic rings. The number of rotatable bonds is 5. The van der Waals surface area contributed by atoms with Crippen molar-refractivity contribution in [2.45, 2.75) is 25.8 Å². The van der Waals surface area contributed by atoms with Crippen LogP contribution in [0, 0.1) is 5.92 Å². The lowest BCUT2D eigenvalue weighted by Gasteiger charge is -2.32. The van der Waals surface area contributed by atoms with E-state index < -0.39 is 5.97 Å². The number of benzene rings is 1. The summed E-state index contributed by atoms with van der Waals surface area (Å²) in [4.78, 5) is 15.3. The zero-order valence-electron chi connectivity index (χ0n) is 12.4. The molecule has 0 aliphatic carbocycles. The van der Waals surface area contributed by atoms with E-state index in [2.05, 4.69) is 34.1 Å². The summed E-state index contributed by atoms with van der Waals surface area (Å²) in [5.41, 5.74) is 2.50. The van der Waals surface area contributed by atoms with Crippen LogP contribution in [0.5, 0.6) is 0 Å². The summed E-state index contributed by atoms with van der Waals surface area (Å²) < 4.78 is 0. The minimum Gasteiger partial charge on any atom is -0.481 e. The highest BCUT2D eigenvalue weighted by molar-refractivity contribution is 5.67. The van der Waals surface area contributed by atoms with Crippen molar-refractivity contribution in [2.75, 3.05) is 32.1 Å². The molecule has 1 saturated heterocycles. The molecule has 1 atom stereocenters. The lowest BCUT2D eigenvalue weighted by atomic mass is 9.94. The van der Waals surface area contributed by atoms with Crippen LogP contribution in [0.3, 0.4) is 0 Å². The van der Waals surface area contributed by atoms with Gasteiger partial charge in [0.15, 0.2) is 0 Å². The highest BCUT2D eigenvalue weighted by Crippen LogP contribution is 2.22. The number of carboxylic acids is 1. The number of carbonyl (C=O) groups is 1. The van der Waals surface area contributed by atoms with E-state index in [9.17, 15) is 4.79 Å². The van der Waals surface area contributed by atoms with Gasteiger partial charge in [0.05, 0.1) is 0 Å². The molecule has 0 aromatic heterocycles. The molecule has 0 amide bonds. The fraction of sp³-hybridized carbons (Fsp3) is 0.562. The van der Waals surface area contributed by atoms with Gasteiger partial charge in [-0.05, 0) is 43.0 Å². The molecular weight excluding hydrogens is 252 g/mol. The van der Waals surface area contributed by atoms with Gasteiger partial charge in [-0.25, -0.2) is 0 Å². The molecule has 1 N–H and O–H groups in total. The van der Waals surface area contributed by atoms with E-state index in [0.29, 0.717) is 12.3 Å². The van der Waals surface area contributed by atoms with E-state index in [1.807, 2.05) is 14.1 Å². The summed E-state index contributed by atoms with van der Waals surface area (Å²) in [6, 6.07) is 8.59. The Kier molecular flexibility index (Phi) is 5.01. The van der Waals surface area contributed by atoms with Crippen molar-refractivity contribution in [2.24, 2.45) is 5.92 Å². The third-order valence-electron chi connectivity index (χ3n) is 3.93. The van der Waals surface area contributed by atoms with Crippen molar-refractivity contribution in [1.29, 1.82) is 0 Å². The maximum absolute atomic E-state index is 10.8.